The maximum atomic E-state index is 12.0. The van der Waals surface area contributed by atoms with Crippen molar-refractivity contribution in [3.8, 4) is 11.3 Å². The summed E-state index contributed by atoms with van der Waals surface area (Å²) in [7, 11) is 3.88. The van der Waals surface area contributed by atoms with Gasteiger partial charge in [-0.25, -0.2) is 14.8 Å². The van der Waals surface area contributed by atoms with E-state index in [9.17, 15) is 19.5 Å². The summed E-state index contributed by atoms with van der Waals surface area (Å²) in [6.45, 7) is 2.92. The van der Waals surface area contributed by atoms with E-state index in [2.05, 4.69) is 30.5 Å². The number of aromatic nitrogens is 3. The number of hydrogen-bond acceptors (Lipinski definition) is 10. The maximum absolute atomic E-state index is 12.0. The van der Waals surface area contributed by atoms with Gasteiger partial charge in [0.15, 0.2) is 0 Å². The Morgan fingerprint density at radius 3 is 2.71 bits per heavy atom. The molecule has 41 heavy (non-hydrogen) atoms. The Bertz CT molecular complexity index is 1500. The third-order valence-corrected chi connectivity index (χ3v) is 7.87. The second-order valence-corrected chi connectivity index (χ2v) is 11.2. The van der Waals surface area contributed by atoms with E-state index in [1.165, 1.54) is 0 Å². The lowest BCUT2D eigenvalue weighted by Crippen LogP contribution is -2.38. The summed E-state index contributed by atoms with van der Waals surface area (Å²) in [6, 6.07) is 11.1. The van der Waals surface area contributed by atoms with Crippen molar-refractivity contribution in [1.82, 2.24) is 25.6 Å². The lowest BCUT2D eigenvalue weighted by atomic mass is 9.97. The minimum absolute atomic E-state index is 0.185. The van der Waals surface area contributed by atoms with Crippen LogP contribution in [0, 0.1) is 5.92 Å². The van der Waals surface area contributed by atoms with Crippen molar-refractivity contribution in [3.63, 3.8) is 0 Å². The molecule has 2 saturated heterocycles. The van der Waals surface area contributed by atoms with Gasteiger partial charge in [0.25, 0.3) is 11.1 Å². The molecule has 0 aliphatic carbocycles. The topological polar surface area (TPSA) is 141 Å². The number of carboxylic acid groups (broad SMARTS) is 1. The molecule has 11 nitrogen and oxygen atoms in total. The number of benzene rings is 1. The molecule has 4 heterocycles. The normalized spacial score (nSPS) is 16.7. The van der Waals surface area contributed by atoms with Gasteiger partial charge in [-0.05, 0) is 73.0 Å². The standard InChI is InChI=1S/C29H31N7O4S/c1-35(2)22-5-3-4-20(13-22)25-23(27(38)39)12-19(17-32-25)16-30-15-18-7-10-36(11-8-18)28-31-9-6-21(33-28)14-24-26(37)34-29(40)41-24/h3-6,9,12-14,17-18,30H,7-8,10-11,15-16H2,1-2H3,(H,38,39)(H,34,37,40)/b24-14+. The first-order valence-corrected chi connectivity index (χ1v) is 14.1. The van der Waals surface area contributed by atoms with Crippen molar-refractivity contribution >= 4 is 46.6 Å². The van der Waals surface area contributed by atoms with Crippen molar-refractivity contribution in [2.75, 3.05) is 43.5 Å². The first-order valence-electron chi connectivity index (χ1n) is 13.3. The predicted molar refractivity (Wildman–Crippen MR) is 159 cm³/mol. The Morgan fingerprint density at radius 2 is 2.00 bits per heavy atom. The molecule has 0 spiro atoms. The zero-order valence-corrected chi connectivity index (χ0v) is 23.6. The van der Waals surface area contributed by atoms with E-state index in [1.807, 2.05) is 43.3 Å². The van der Waals surface area contributed by atoms with Crippen LogP contribution in [0.15, 0.2) is 53.7 Å². The van der Waals surface area contributed by atoms with E-state index in [-0.39, 0.29) is 10.8 Å². The van der Waals surface area contributed by atoms with E-state index < -0.39 is 11.9 Å². The molecule has 0 unspecified atom stereocenters. The average Bonchev–Trinajstić information content (AvgIpc) is 3.29. The van der Waals surface area contributed by atoms with Crippen molar-refractivity contribution in [2.24, 2.45) is 5.92 Å². The Kier molecular flexibility index (Phi) is 8.60. The molecule has 212 valence electrons. The molecule has 0 saturated carbocycles. The highest BCUT2D eigenvalue weighted by molar-refractivity contribution is 8.18. The molecular weight excluding hydrogens is 542 g/mol. The van der Waals surface area contributed by atoms with Gasteiger partial charge in [-0.2, -0.15) is 0 Å². The molecule has 0 radical (unpaired) electrons. The molecule has 3 N–H and O–H groups in total. The highest BCUT2D eigenvalue weighted by Gasteiger charge is 2.26. The van der Waals surface area contributed by atoms with E-state index in [0.29, 0.717) is 34.7 Å². The van der Waals surface area contributed by atoms with Crippen LogP contribution in [-0.4, -0.2) is 70.9 Å². The number of nitrogens with zero attached hydrogens (tertiary/aromatic N) is 5. The molecular formula is C29H31N7O4S. The minimum atomic E-state index is -1.00. The van der Waals surface area contributed by atoms with Crippen molar-refractivity contribution in [1.29, 1.82) is 0 Å². The van der Waals surface area contributed by atoms with E-state index in [4.69, 9.17) is 0 Å². The summed E-state index contributed by atoms with van der Waals surface area (Å²) in [5.41, 5.74) is 3.79. The number of imide groups is 1. The molecule has 2 amide bonds. The Balaban J connectivity index is 1.15. The van der Waals surface area contributed by atoms with Crippen LogP contribution in [0.4, 0.5) is 16.4 Å². The van der Waals surface area contributed by atoms with Gasteiger partial charge in [-0.1, -0.05) is 12.1 Å². The van der Waals surface area contributed by atoms with Gasteiger partial charge in [0.1, 0.15) is 0 Å². The lowest BCUT2D eigenvalue weighted by molar-refractivity contribution is -0.115. The molecule has 3 aromatic rings. The quantitative estimate of drug-likeness (QED) is 0.323. The van der Waals surface area contributed by atoms with Crippen LogP contribution in [-0.2, 0) is 11.3 Å². The Hall–Kier alpha value is -4.29. The van der Waals surface area contributed by atoms with Crippen LogP contribution >= 0.6 is 11.8 Å². The number of amides is 2. The van der Waals surface area contributed by atoms with Crippen molar-refractivity contribution in [2.45, 2.75) is 19.4 Å². The number of carbonyl (C=O) groups excluding carboxylic acids is 2. The van der Waals surface area contributed by atoms with E-state index in [0.717, 1.165) is 61.1 Å². The monoisotopic (exact) mass is 573 g/mol. The summed E-state index contributed by atoms with van der Waals surface area (Å²) in [6.07, 6.45) is 6.90. The van der Waals surface area contributed by atoms with Crippen LogP contribution in [0.3, 0.4) is 0 Å². The SMILES string of the molecule is CN(C)c1cccc(-c2ncc(CNCC3CCN(c4nccc(/C=C5/SC(=O)NC5=O)n4)CC3)cc2C(=O)O)c1. The van der Waals surface area contributed by atoms with Gasteiger partial charge in [0.2, 0.25) is 5.95 Å². The third kappa shape index (κ3) is 6.90. The summed E-state index contributed by atoms with van der Waals surface area (Å²) in [5.74, 6) is -0.350. The third-order valence-electron chi connectivity index (χ3n) is 7.06. The van der Waals surface area contributed by atoms with Crippen molar-refractivity contribution < 1.29 is 19.5 Å². The fourth-order valence-corrected chi connectivity index (χ4v) is 5.50. The smallest absolute Gasteiger partial charge is 0.337 e. The summed E-state index contributed by atoms with van der Waals surface area (Å²) >= 11 is 0.865. The number of carboxylic acids is 1. The molecule has 0 bridgehead atoms. The van der Waals surface area contributed by atoms with Gasteiger partial charge < -0.3 is 20.2 Å². The summed E-state index contributed by atoms with van der Waals surface area (Å²) < 4.78 is 0. The minimum Gasteiger partial charge on any atom is -0.478 e. The largest absolute Gasteiger partial charge is 0.478 e. The highest BCUT2D eigenvalue weighted by atomic mass is 32.2. The second kappa shape index (κ2) is 12.5. The number of anilines is 2. The number of carbonyl (C=O) groups is 3. The molecule has 12 heteroatoms. The fraction of sp³-hybridized carbons (Fsp3) is 0.310. The molecule has 5 rings (SSSR count). The molecule has 2 aromatic heterocycles. The number of pyridine rings is 1. The van der Waals surface area contributed by atoms with Crippen molar-refractivity contribution in [3.05, 3.63) is 70.5 Å². The summed E-state index contributed by atoms with van der Waals surface area (Å²) in [4.78, 5) is 53.2. The number of thioether (sulfide) groups is 1. The Morgan fingerprint density at radius 1 is 1.20 bits per heavy atom. The predicted octanol–water partition coefficient (Wildman–Crippen LogP) is 3.63. The molecule has 2 aliphatic rings. The number of nitrogens with one attached hydrogen (secondary N) is 2. The van der Waals surface area contributed by atoms with E-state index >= 15 is 0 Å². The first kappa shape index (κ1) is 28.2. The van der Waals surface area contributed by atoms with E-state index in [1.54, 1.807) is 30.6 Å². The average molecular weight is 574 g/mol. The first-order chi connectivity index (χ1) is 19.8. The van der Waals surface area contributed by atoms with Crippen LogP contribution in [0.1, 0.15) is 34.5 Å². The number of hydrogen-bond donors (Lipinski definition) is 3. The fourth-order valence-electron chi connectivity index (χ4n) is 4.84. The second-order valence-electron chi connectivity index (χ2n) is 10.2. The van der Waals surface area contributed by atoms with Gasteiger partial charge in [-0.3, -0.25) is 19.9 Å². The highest BCUT2D eigenvalue weighted by Crippen LogP contribution is 2.27. The lowest BCUT2D eigenvalue weighted by Gasteiger charge is -2.32. The molecule has 2 fully saturated rings. The van der Waals surface area contributed by atoms with Crippen LogP contribution in [0.2, 0.25) is 0 Å². The van der Waals surface area contributed by atoms with Gasteiger partial charge in [0, 0.05) is 57.4 Å². The number of rotatable bonds is 9. The van der Waals surface area contributed by atoms with Crippen LogP contribution < -0.4 is 20.4 Å². The molecule has 0 atom stereocenters. The number of piperidine rings is 1. The maximum Gasteiger partial charge on any atom is 0.337 e. The van der Waals surface area contributed by atoms with Gasteiger partial charge in [0.05, 0.1) is 21.9 Å². The molecule has 1 aromatic carbocycles. The zero-order chi connectivity index (χ0) is 28.9. The zero-order valence-electron chi connectivity index (χ0n) is 22.8. The number of aromatic carboxylic acids is 1. The Labute approximate surface area is 242 Å². The van der Waals surface area contributed by atoms with Crippen LogP contribution in [0.5, 0.6) is 0 Å². The van der Waals surface area contributed by atoms with Crippen LogP contribution in [0.25, 0.3) is 17.3 Å². The van der Waals surface area contributed by atoms with Gasteiger partial charge >= 0.3 is 5.97 Å². The summed E-state index contributed by atoms with van der Waals surface area (Å²) in [5, 5.41) is 15.2. The van der Waals surface area contributed by atoms with Gasteiger partial charge in [-0.15, -0.1) is 0 Å². The molecule has 2 aliphatic heterocycles.